The highest BCUT2D eigenvalue weighted by atomic mass is 16.5. The summed E-state index contributed by atoms with van der Waals surface area (Å²) < 4.78 is 5.48. The van der Waals surface area contributed by atoms with E-state index in [-0.39, 0.29) is 5.75 Å². The van der Waals surface area contributed by atoms with Crippen molar-refractivity contribution < 1.29 is 9.84 Å². The second-order valence-electron chi connectivity index (χ2n) is 8.83. The molecular weight excluding hydrogens is 442 g/mol. The van der Waals surface area contributed by atoms with Crippen LogP contribution in [0.2, 0.25) is 0 Å². The quantitative estimate of drug-likeness (QED) is 0.398. The average Bonchev–Trinajstić information content (AvgIpc) is 2.92. The number of rotatable bonds is 7. The molecule has 2 N–H and O–H groups in total. The number of aromatic nitrogens is 3. The van der Waals surface area contributed by atoms with Crippen LogP contribution in [0, 0.1) is 0 Å². The number of hydrogen-bond acceptors (Lipinski definition) is 9. The summed E-state index contributed by atoms with van der Waals surface area (Å²) in [5.41, 5.74) is 5.90. The highest BCUT2D eigenvalue weighted by molar-refractivity contribution is 5.84. The SMILES string of the molecule is Oc1ccc(Cc2ccccc2)cc1/C=N\Nc1nc(N2CCCCC2)nc(N2CCOCC2)n1. The van der Waals surface area contributed by atoms with Crippen molar-refractivity contribution in [3.63, 3.8) is 0 Å². The lowest BCUT2D eigenvalue weighted by molar-refractivity contribution is 0.122. The monoisotopic (exact) mass is 473 g/mol. The summed E-state index contributed by atoms with van der Waals surface area (Å²) in [6.45, 7) is 4.69. The van der Waals surface area contributed by atoms with Gasteiger partial charge >= 0.3 is 0 Å². The number of piperidine rings is 1. The van der Waals surface area contributed by atoms with Crippen molar-refractivity contribution in [2.24, 2.45) is 5.10 Å². The minimum absolute atomic E-state index is 0.172. The molecule has 182 valence electrons. The van der Waals surface area contributed by atoms with Gasteiger partial charge in [-0.15, -0.1) is 0 Å². The molecule has 0 amide bonds. The predicted molar refractivity (Wildman–Crippen MR) is 137 cm³/mol. The third-order valence-corrected chi connectivity index (χ3v) is 6.26. The van der Waals surface area contributed by atoms with Crippen molar-refractivity contribution in [2.45, 2.75) is 25.7 Å². The standard InChI is InChI=1S/C26H31N7O2/c34-23-10-9-21(17-20-7-3-1-4-8-20)18-22(23)19-27-31-24-28-25(32-11-5-2-6-12-32)30-26(29-24)33-13-15-35-16-14-33/h1,3-4,7-10,18-19,34H,2,5-6,11-17H2,(H,28,29,30,31)/b27-19-. The lowest BCUT2D eigenvalue weighted by atomic mass is 10.0. The zero-order valence-corrected chi connectivity index (χ0v) is 19.8. The Bertz CT molecular complexity index is 1110. The molecule has 0 aliphatic carbocycles. The van der Waals surface area contributed by atoms with Crippen LogP contribution in [0.25, 0.3) is 0 Å². The zero-order chi connectivity index (χ0) is 23.9. The van der Waals surface area contributed by atoms with Gasteiger partial charge in [-0.2, -0.15) is 20.1 Å². The molecule has 0 spiro atoms. The van der Waals surface area contributed by atoms with Crippen LogP contribution in [0.5, 0.6) is 5.75 Å². The first-order valence-corrected chi connectivity index (χ1v) is 12.2. The molecule has 3 aromatic rings. The van der Waals surface area contributed by atoms with Crippen molar-refractivity contribution in [1.29, 1.82) is 0 Å². The van der Waals surface area contributed by atoms with Crippen molar-refractivity contribution >= 4 is 24.1 Å². The van der Waals surface area contributed by atoms with Crippen LogP contribution in [-0.2, 0) is 11.2 Å². The number of phenols is 1. The van der Waals surface area contributed by atoms with E-state index in [1.807, 2.05) is 30.3 Å². The molecular formula is C26H31N7O2. The van der Waals surface area contributed by atoms with E-state index in [9.17, 15) is 5.11 Å². The smallest absolute Gasteiger partial charge is 0.250 e. The van der Waals surface area contributed by atoms with Crippen LogP contribution < -0.4 is 15.2 Å². The Balaban J connectivity index is 1.34. The maximum atomic E-state index is 10.3. The van der Waals surface area contributed by atoms with E-state index >= 15 is 0 Å². The van der Waals surface area contributed by atoms with Gasteiger partial charge in [0, 0.05) is 31.7 Å². The van der Waals surface area contributed by atoms with Crippen LogP contribution in [-0.4, -0.2) is 65.7 Å². The zero-order valence-electron chi connectivity index (χ0n) is 19.8. The van der Waals surface area contributed by atoms with Gasteiger partial charge in [0.2, 0.25) is 17.8 Å². The molecule has 2 aliphatic rings. The van der Waals surface area contributed by atoms with Gasteiger partial charge in [-0.05, 0) is 48.9 Å². The van der Waals surface area contributed by atoms with Crippen molar-refractivity contribution in [3.8, 4) is 5.75 Å². The number of phenolic OH excluding ortho intramolecular Hbond substituents is 1. The molecule has 0 radical (unpaired) electrons. The fourth-order valence-corrected chi connectivity index (χ4v) is 4.35. The van der Waals surface area contributed by atoms with Gasteiger partial charge in [-0.25, -0.2) is 5.43 Å². The number of hydrazone groups is 1. The molecule has 0 saturated carbocycles. The first-order valence-electron chi connectivity index (χ1n) is 12.2. The van der Waals surface area contributed by atoms with Crippen LogP contribution in [0.1, 0.15) is 36.0 Å². The summed E-state index contributed by atoms with van der Waals surface area (Å²) in [5.74, 6) is 1.87. The maximum Gasteiger partial charge on any atom is 0.250 e. The van der Waals surface area contributed by atoms with E-state index in [4.69, 9.17) is 9.72 Å². The Kier molecular flexibility index (Phi) is 7.33. The summed E-state index contributed by atoms with van der Waals surface area (Å²) in [6.07, 6.45) is 5.89. The number of aromatic hydroxyl groups is 1. The number of morpholine rings is 1. The van der Waals surface area contributed by atoms with Gasteiger partial charge in [0.1, 0.15) is 5.75 Å². The molecule has 1 aromatic heterocycles. The lowest BCUT2D eigenvalue weighted by Crippen LogP contribution is -2.38. The molecule has 2 aliphatic heterocycles. The summed E-state index contributed by atoms with van der Waals surface area (Å²) in [6, 6.07) is 15.8. The van der Waals surface area contributed by atoms with Crippen molar-refractivity contribution in [1.82, 2.24) is 15.0 Å². The molecule has 0 unspecified atom stereocenters. The number of anilines is 3. The molecule has 3 heterocycles. The summed E-state index contributed by atoms with van der Waals surface area (Å²) in [7, 11) is 0. The van der Waals surface area contributed by atoms with Gasteiger partial charge in [-0.3, -0.25) is 0 Å². The lowest BCUT2D eigenvalue weighted by Gasteiger charge is -2.30. The number of hydrogen-bond donors (Lipinski definition) is 2. The van der Waals surface area contributed by atoms with Crippen LogP contribution in [0.15, 0.2) is 53.6 Å². The van der Waals surface area contributed by atoms with Crippen LogP contribution in [0.3, 0.4) is 0 Å². The highest BCUT2D eigenvalue weighted by Crippen LogP contribution is 2.22. The second kappa shape index (κ2) is 11.1. The van der Waals surface area contributed by atoms with Gasteiger partial charge in [0.05, 0.1) is 19.4 Å². The number of nitrogens with zero attached hydrogens (tertiary/aromatic N) is 6. The average molecular weight is 474 g/mol. The Labute approximate surface area is 205 Å². The third kappa shape index (κ3) is 6.05. The Morgan fingerprint density at radius 1 is 0.857 bits per heavy atom. The van der Waals surface area contributed by atoms with Crippen LogP contribution >= 0.6 is 0 Å². The molecule has 2 fully saturated rings. The van der Waals surface area contributed by atoms with E-state index in [2.05, 4.69) is 42.4 Å². The van der Waals surface area contributed by atoms with Gasteiger partial charge < -0.3 is 19.6 Å². The van der Waals surface area contributed by atoms with Gasteiger partial charge in [0.25, 0.3) is 0 Å². The molecule has 2 aromatic carbocycles. The fourth-order valence-electron chi connectivity index (χ4n) is 4.35. The van der Waals surface area contributed by atoms with E-state index in [1.54, 1.807) is 12.3 Å². The van der Waals surface area contributed by atoms with E-state index in [1.165, 1.54) is 12.0 Å². The minimum atomic E-state index is 0.172. The first kappa shape index (κ1) is 23.0. The number of ether oxygens (including phenoxy) is 1. The molecule has 2 saturated heterocycles. The summed E-state index contributed by atoms with van der Waals surface area (Å²) in [5, 5.41) is 14.7. The molecule has 9 nitrogen and oxygen atoms in total. The molecule has 0 bridgehead atoms. The van der Waals surface area contributed by atoms with Gasteiger partial charge in [0.15, 0.2) is 0 Å². The normalized spacial score (nSPS) is 16.6. The Morgan fingerprint density at radius 3 is 2.31 bits per heavy atom. The molecule has 5 rings (SSSR count). The fraction of sp³-hybridized carbons (Fsp3) is 0.385. The van der Waals surface area contributed by atoms with Gasteiger partial charge in [-0.1, -0.05) is 36.4 Å². The highest BCUT2D eigenvalue weighted by Gasteiger charge is 2.20. The second-order valence-corrected chi connectivity index (χ2v) is 8.83. The molecule has 35 heavy (non-hydrogen) atoms. The maximum absolute atomic E-state index is 10.3. The van der Waals surface area contributed by atoms with E-state index in [0.29, 0.717) is 36.6 Å². The largest absolute Gasteiger partial charge is 0.507 e. The first-order chi connectivity index (χ1) is 17.2. The minimum Gasteiger partial charge on any atom is -0.507 e. The number of benzene rings is 2. The molecule has 9 heteroatoms. The van der Waals surface area contributed by atoms with E-state index < -0.39 is 0 Å². The topological polar surface area (TPSA) is 99.0 Å². The third-order valence-electron chi connectivity index (χ3n) is 6.26. The predicted octanol–water partition coefficient (Wildman–Crippen LogP) is 3.44. The van der Waals surface area contributed by atoms with Crippen LogP contribution in [0.4, 0.5) is 17.8 Å². The summed E-state index contributed by atoms with van der Waals surface area (Å²) >= 11 is 0. The Hall–Kier alpha value is -3.72. The Morgan fingerprint density at radius 2 is 1.57 bits per heavy atom. The van der Waals surface area contributed by atoms with Crippen molar-refractivity contribution in [3.05, 3.63) is 65.2 Å². The van der Waals surface area contributed by atoms with E-state index in [0.717, 1.165) is 51.0 Å². The van der Waals surface area contributed by atoms with Crippen molar-refractivity contribution in [2.75, 3.05) is 54.6 Å². The number of nitrogens with one attached hydrogen (secondary N) is 1. The molecule has 0 atom stereocenters. The summed E-state index contributed by atoms with van der Waals surface area (Å²) in [4.78, 5) is 18.3.